The van der Waals surface area contributed by atoms with E-state index in [1.165, 1.54) is 10.9 Å². The Kier molecular flexibility index (Phi) is 9.14. The Bertz CT molecular complexity index is 1280. The van der Waals surface area contributed by atoms with Crippen molar-refractivity contribution in [1.29, 1.82) is 0 Å². The Labute approximate surface area is 220 Å². The van der Waals surface area contributed by atoms with Crippen molar-refractivity contribution in [3.05, 3.63) is 108 Å². The molecule has 0 saturated carbocycles. The molecule has 4 rings (SSSR count). The molecule has 0 fully saturated rings. The van der Waals surface area contributed by atoms with Crippen LogP contribution in [0.15, 0.2) is 91.1 Å². The van der Waals surface area contributed by atoms with E-state index in [0.717, 1.165) is 23.1 Å². The van der Waals surface area contributed by atoms with E-state index in [1.54, 1.807) is 4.90 Å². The van der Waals surface area contributed by atoms with Crippen molar-refractivity contribution < 1.29 is 9.59 Å². The Morgan fingerprint density at radius 3 is 2.11 bits per heavy atom. The van der Waals surface area contributed by atoms with Crippen LogP contribution in [0, 0.1) is 5.92 Å². The molecule has 0 aliphatic heterocycles. The molecule has 3 aromatic carbocycles. The second kappa shape index (κ2) is 12.9. The molecule has 0 aliphatic carbocycles. The van der Waals surface area contributed by atoms with E-state index >= 15 is 0 Å². The van der Waals surface area contributed by atoms with Crippen LogP contribution in [0.4, 0.5) is 0 Å². The van der Waals surface area contributed by atoms with Gasteiger partial charge < -0.3 is 14.8 Å². The Morgan fingerprint density at radius 1 is 0.757 bits per heavy atom. The number of carbonyl (C=O) groups excluding carboxylic acids is 2. The van der Waals surface area contributed by atoms with Gasteiger partial charge in [0.05, 0.1) is 6.54 Å². The van der Waals surface area contributed by atoms with Crippen molar-refractivity contribution in [1.82, 2.24) is 14.8 Å². The number of amides is 2. The van der Waals surface area contributed by atoms with Gasteiger partial charge in [0, 0.05) is 43.2 Å². The van der Waals surface area contributed by atoms with E-state index in [0.29, 0.717) is 32.5 Å². The third kappa shape index (κ3) is 7.56. The highest BCUT2D eigenvalue weighted by atomic mass is 16.2. The lowest BCUT2D eigenvalue weighted by Crippen LogP contribution is -2.44. The molecule has 0 aliphatic rings. The first-order valence-electron chi connectivity index (χ1n) is 13.2. The summed E-state index contributed by atoms with van der Waals surface area (Å²) in [6.45, 7) is 5.95. The van der Waals surface area contributed by atoms with E-state index in [4.69, 9.17) is 0 Å². The molecule has 1 N–H and O–H groups in total. The highest BCUT2D eigenvalue weighted by Gasteiger charge is 2.22. The Morgan fingerprint density at radius 2 is 1.41 bits per heavy atom. The van der Waals surface area contributed by atoms with Crippen molar-refractivity contribution >= 4 is 22.7 Å². The van der Waals surface area contributed by atoms with Gasteiger partial charge in [0.2, 0.25) is 11.8 Å². The molecule has 1 heterocycles. The lowest BCUT2D eigenvalue weighted by molar-refractivity contribution is -0.141. The summed E-state index contributed by atoms with van der Waals surface area (Å²) in [6, 6.07) is 28.3. The Hall–Kier alpha value is -3.86. The second-order valence-corrected chi connectivity index (χ2v) is 10.1. The summed E-state index contributed by atoms with van der Waals surface area (Å²) < 4.78 is 0. The number of nitrogens with one attached hydrogen (secondary N) is 1. The van der Waals surface area contributed by atoms with Crippen LogP contribution in [-0.4, -0.2) is 46.2 Å². The fraction of sp³-hybridized carbons (Fsp3) is 0.312. The van der Waals surface area contributed by atoms with Gasteiger partial charge in [-0.1, -0.05) is 92.7 Å². The number of aromatic amines is 1. The molecule has 5 nitrogen and oxygen atoms in total. The monoisotopic (exact) mass is 495 g/mol. The van der Waals surface area contributed by atoms with E-state index in [-0.39, 0.29) is 24.3 Å². The number of benzene rings is 3. The summed E-state index contributed by atoms with van der Waals surface area (Å²) in [7, 11) is 0. The van der Waals surface area contributed by atoms with Gasteiger partial charge in [-0.3, -0.25) is 9.59 Å². The van der Waals surface area contributed by atoms with Gasteiger partial charge in [-0.2, -0.15) is 0 Å². The molecule has 0 radical (unpaired) electrons. The summed E-state index contributed by atoms with van der Waals surface area (Å²) in [5.41, 5.74) is 4.52. The molecule has 5 heteroatoms. The first-order chi connectivity index (χ1) is 18.0. The van der Waals surface area contributed by atoms with E-state index < -0.39 is 0 Å². The Balaban J connectivity index is 1.46. The molecule has 4 aromatic rings. The van der Waals surface area contributed by atoms with Crippen molar-refractivity contribution in [2.45, 2.75) is 39.7 Å². The summed E-state index contributed by atoms with van der Waals surface area (Å²) in [4.78, 5) is 33.9. The van der Waals surface area contributed by atoms with Crippen molar-refractivity contribution in [2.24, 2.45) is 5.92 Å². The smallest absolute Gasteiger partial charge is 0.242 e. The van der Waals surface area contributed by atoms with Crippen LogP contribution in [0.3, 0.4) is 0 Å². The molecular formula is C32H37N3O2. The summed E-state index contributed by atoms with van der Waals surface area (Å²) in [6.07, 6.45) is 3.86. The SMILES string of the molecule is CC(C)CN(CC(=O)N(CCc1c[nH]c2ccccc12)Cc1ccccc1)C(=O)CCc1ccccc1. The van der Waals surface area contributed by atoms with Crippen LogP contribution in [0.5, 0.6) is 0 Å². The molecule has 1 aromatic heterocycles. The van der Waals surface area contributed by atoms with Gasteiger partial charge in [-0.05, 0) is 41.5 Å². The highest BCUT2D eigenvalue weighted by Crippen LogP contribution is 2.19. The van der Waals surface area contributed by atoms with Crippen molar-refractivity contribution in [3.63, 3.8) is 0 Å². The summed E-state index contributed by atoms with van der Waals surface area (Å²) in [5.74, 6) is 0.293. The first kappa shape index (κ1) is 26.2. The quantitative estimate of drug-likeness (QED) is 0.268. The van der Waals surface area contributed by atoms with E-state index in [9.17, 15) is 9.59 Å². The van der Waals surface area contributed by atoms with Gasteiger partial charge in [0.15, 0.2) is 0 Å². The van der Waals surface area contributed by atoms with E-state index in [1.807, 2.05) is 83.9 Å². The fourth-order valence-corrected chi connectivity index (χ4v) is 4.70. The lowest BCUT2D eigenvalue weighted by atomic mass is 10.1. The zero-order valence-corrected chi connectivity index (χ0v) is 21.9. The number of para-hydroxylation sites is 1. The van der Waals surface area contributed by atoms with Crippen molar-refractivity contribution in [3.8, 4) is 0 Å². The normalized spacial score (nSPS) is 11.1. The minimum Gasteiger partial charge on any atom is -0.361 e. The molecule has 0 saturated heterocycles. The number of nitrogens with zero attached hydrogens (tertiary/aromatic N) is 2. The number of rotatable bonds is 12. The topological polar surface area (TPSA) is 56.4 Å². The second-order valence-electron chi connectivity index (χ2n) is 10.1. The molecule has 37 heavy (non-hydrogen) atoms. The molecule has 2 amide bonds. The fourth-order valence-electron chi connectivity index (χ4n) is 4.70. The number of hydrogen-bond donors (Lipinski definition) is 1. The summed E-state index contributed by atoms with van der Waals surface area (Å²) >= 11 is 0. The van der Waals surface area contributed by atoms with Gasteiger partial charge in [-0.25, -0.2) is 0 Å². The zero-order valence-electron chi connectivity index (χ0n) is 21.9. The molecule has 0 unspecified atom stereocenters. The van der Waals surface area contributed by atoms with Crippen LogP contribution in [0.25, 0.3) is 10.9 Å². The van der Waals surface area contributed by atoms with Crippen LogP contribution < -0.4 is 0 Å². The number of aryl methyl sites for hydroxylation is 1. The maximum Gasteiger partial charge on any atom is 0.242 e. The van der Waals surface area contributed by atoms with Gasteiger partial charge >= 0.3 is 0 Å². The number of H-pyrrole nitrogens is 1. The molecule has 0 atom stereocenters. The number of aromatic nitrogens is 1. The third-order valence-corrected chi connectivity index (χ3v) is 6.63. The number of fused-ring (bicyclic) bond motifs is 1. The van der Waals surface area contributed by atoms with Crippen LogP contribution in [-0.2, 0) is 29.0 Å². The first-order valence-corrected chi connectivity index (χ1v) is 13.2. The van der Waals surface area contributed by atoms with Crippen molar-refractivity contribution in [2.75, 3.05) is 19.6 Å². The van der Waals surface area contributed by atoms with Gasteiger partial charge in [-0.15, -0.1) is 0 Å². The predicted molar refractivity (Wildman–Crippen MR) is 150 cm³/mol. The van der Waals surface area contributed by atoms with Crippen LogP contribution in [0.2, 0.25) is 0 Å². The predicted octanol–water partition coefficient (Wildman–Crippen LogP) is 5.86. The minimum absolute atomic E-state index is 0.0163. The average Bonchev–Trinajstić information content (AvgIpc) is 3.33. The molecule has 192 valence electrons. The number of hydrogen-bond acceptors (Lipinski definition) is 2. The van der Waals surface area contributed by atoms with Gasteiger partial charge in [0.25, 0.3) is 0 Å². The van der Waals surface area contributed by atoms with Crippen LogP contribution in [0.1, 0.15) is 37.0 Å². The lowest BCUT2D eigenvalue weighted by Gasteiger charge is -2.29. The van der Waals surface area contributed by atoms with E-state index in [2.05, 4.69) is 31.0 Å². The average molecular weight is 496 g/mol. The molecule has 0 bridgehead atoms. The zero-order chi connectivity index (χ0) is 26.0. The largest absolute Gasteiger partial charge is 0.361 e. The third-order valence-electron chi connectivity index (χ3n) is 6.63. The number of carbonyl (C=O) groups is 2. The van der Waals surface area contributed by atoms with Crippen LogP contribution >= 0.6 is 0 Å². The standard InChI is InChI=1S/C32H37N3O2/c1-25(2)22-35(31(36)18-17-26-11-5-3-6-12-26)24-32(37)34(23-27-13-7-4-8-14-27)20-19-28-21-33-30-16-10-9-15-29(28)30/h3-16,21,25,33H,17-20,22-24H2,1-2H3. The molecular weight excluding hydrogens is 458 g/mol. The summed E-state index contributed by atoms with van der Waals surface area (Å²) in [5, 5.41) is 1.19. The van der Waals surface area contributed by atoms with Gasteiger partial charge in [0.1, 0.15) is 0 Å². The minimum atomic E-state index is -0.0163. The highest BCUT2D eigenvalue weighted by molar-refractivity contribution is 5.85. The molecule has 0 spiro atoms. The maximum atomic E-state index is 13.7. The maximum absolute atomic E-state index is 13.7.